The van der Waals surface area contributed by atoms with Gasteiger partial charge >= 0.3 is 10.8 Å². The second-order valence-electron chi connectivity index (χ2n) is 4.64. The van der Waals surface area contributed by atoms with Gasteiger partial charge in [0.05, 0.1) is 13.0 Å². The molecule has 0 amide bonds. The molecule has 1 aliphatic carbocycles. The van der Waals surface area contributed by atoms with Gasteiger partial charge in [-0.1, -0.05) is 17.8 Å². The maximum Gasteiger partial charge on any atom is 0.308 e. The number of thiazole rings is 1. The highest BCUT2D eigenvalue weighted by Crippen LogP contribution is 2.25. The van der Waals surface area contributed by atoms with Crippen molar-refractivity contribution in [1.82, 2.24) is 10.3 Å². The molecule has 0 spiro atoms. The van der Waals surface area contributed by atoms with E-state index >= 15 is 0 Å². The Morgan fingerprint density at radius 3 is 3.11 bits per heavy atom. The van der Waals surface area contributed by atoms with Crippen LogP contribution in [0.5, 0.6) is 0 Å². The lowest BCUT2D eigenvalue weighted by Crippen LogP contribution is -2.36. The highest BCUT2D eigenvalue weighted by Gasteiger charge is 2.27. The van der Waals surface area contributed by atoms with Crippen LogP contribution in [0.2, 0.25) is 0 Å². The van der Waals surface area contributed by atoms with Crippen LogP contribution in [0.25, 0.3) is 0 Å². The molecule has 5 nitrogen and oxygen atoms in total. The normalized spacial score (nSPS) is 23.8. The fraction of sp³-hybridized carbons (Fsp3) is 0.667. The molecular weight excluding hydrogens is 252 g/mol. The van der Waals surface area contributed by atoms with E-state index in [2.05, 4.69) is 10.3 Å². The summed E-state index contributed by atoms with van der Waals surface area (Å²) < 4.78 is 4.79. The van der Waals surface area contributed by atoms with Crippen LogP contribution in [0.1, 0.15) is 31.4 Å². The van der Waals surface area contributed by atoms with Gasteiger partial charge in [0.2, 0.25) is 0 Å². The van der Waals surface area contributed by atoms with Crippen molar-refractivity contribution in [2.24, 2.45) is 5.92 Å². The fourth-order valence-electron chi connectivity index (χ4n) is 2.41. The van der Waals surface area contributed by atoms with E-state index in [0.717, 1.165) is 31.4 Å². The highest BCUT2D eigenvalue weighted by atomic mass is 32.1. The third-order valence-electron chi connectivity index (χ3n) is 3.36. The lowest BCUT2D eigenvalue weighted by molar-refractivity contribution is -0.146. The standard InChI is InChI=1S/C12H18N2O3S/c1-17-11(15)8-3-2-4-9(5-8)13-6-10-7-18-12(16)14-10/h7-9,13H,2-6H2,1H3,(H,14,16). The third-order valence-corrected chi connectivity index (χ3v) is 4.08. The van der Waals surface area contributed by atoms with E-state index in [9.17, 15) is 9.59 Å². The molecule has 0 aliphatic heterocycles. The van der Waals surface area contributed by atoms with Crippen molar-refractivity contribution in [2.75, 3.05) is 7.11 Å². The summed E-state index contributed by atoms with van der Waals surface area (Å²) in [6.07, 6.45) is 3.85. The molecule has 2 rings (SSSR count). The van der Waals surface area contributed by atoms with Crippen LogP contribution in [0.3, 0.4) is 0 Å². The predicted octanol–water partition coefficient (Wildman–Crippen LogP) is 1.26. The summed E-state index contributed by atoms with van der Waals surface area (Å²) in [6.45, 7) is 0.650. The highest BCUT2D eigenvalue weighted by molar-refractivity contribution is 7.07. The Bertz CT molecular complexity index is 454. The van der Waals surface area contributed by atoms with Gasteiger partial charge in [0.1, 0.15) is 0 Å². The van der Waals surface area contributed by atoms with Crippen molar-refractivity contribution < 1.29 is 9.53 Å². The van der Waals surface area contributed by atoms with Gasteiger partial charge in [0, 0.05) is 23.7 Å². The first-order valence-corrected chi connectivity index (χ1v) is 7.05. The van der Waals surface area contributed by atoms with E-state index in [4.69, 9.17) is 4.74 Å². The van der Waals surface area contributed by atoms with Crippen LogP contribution in [-0.4, -0.2) is 24.1 Å². The van der Waals surface area contributed by atoms with Gasteiger partial charge in [-0.25, -0.2) is 0 Å². The molecule has 1 fully saturated rings. The number of carbonyl (C=O) groups is 1. The maximum absolute atomic E-state index is 11.5. The first kappa shape index (κ1) is 13.3. The molecule has 100 valence electrons. The number of H-pyrrole nitrogens is 1. The Balaban J connectivity index is 1.82. The largest absolute Gasteiger partial charge is 0.469 e. The Labute approximate surface area is 110 Å². The van der Waals surface area contributed by atoms with Crippen molar-refractivity contribution in [1.29, 1.82) is 0 Å². The molecular formula is C12H18N2O3S. The van der Waals surface area contributed by atoms with Crippen LogP contribution in [0, 0.1) is 5.92 Å². The number of hydrogen-bond acceptors (Lipinski definition) is 5. The Morgan fingerprint density at radius 2 is 2.44 bits per heavy atom. The van der Waals surface area contributed by atoms with Gasteiger partial charge in [-0.3, -0.25) is 9.59 Å². The van der Waals surface area contributed by atoms with Crippen molar-refractivity contribution in [3.05, 3.63) is 20.7 Å². The number of hydrogen-bond donors (Lipinski definition) is 2. The Morgan fingerprint density at radius 1 is 1.61 bits per heavy atom. The van der Waals surface area contributed by atoms with Gasteiger partial charge in [-0.2, -0.15) is 0 Å². The molecule has 1 aliphatic rings. The number of ether oxygens (including phenoxy) is 1. The van der Waals surface area contributed by atoms with Crippen LogP contribution < -0.4 is 10.2 Å². The van der Waals surface area contributed by atoms with Gasteiger partial charge in [0.15, 0.2) is 0 Å². The number of methoxy groups -OCH3 is 1. The first-order chi connectivity index (χ1) is 8.69. The van der Waals surface area contributed by atoms with Crippen molar-refractivity contribution in [3.63, 3.8) is 0 Å². The van der Waals surface area contributed by atoms with E-state index < -0.39 is 0 Å². The minimum absolute atomic E-state index is 0.0165. The first-order valence-electron chi connectivity index (χ1n) is 6.17. The van der Waals surface area contributed by atoms with Gasteiger partial charge in [-0.15, -0.1) is 0 Å². The molecule has 2 N–H and O–H groups in total. The van der Waals surface area contributed by atoms with Gasteiger partial charge < -0.3 is 15.0 Å². The summed E-state index contributed by atoms with van der Waals surface area (Å²) in [7, 11) is 1.44. The summed E-state index contributed by atoms with van der Waals surface area (Å²) in [4.78, 5) is 25.2. The number of nitrogens with one attached hydrogen (secondary N) is 2. The van der Waals surface area contributed by atoms with Crippen molar-refractivity contribution in [3.8, 4) is 0 Å². The molecule has 0 aromatic carbocycles. The quantitative estimate of drug-likeness (QED) is 0.808. The topological polar surface area (TPSA) is 71.2 Å². The van der Waals surface area contributed by atoms with E-state index in [1.54, 1.807) is 0 Å². The molecule has 6 heteroatoms. The van der Waals surface area contributed by atoms with Crippen LogP contribution in [-0.2, 0) is 16.1 Å². The fourth-order valence-corrected chi connectivity index (χ4v) is 2.99. The summed E-state index contributed by atoms with van der Waals surface area (Å²) in [5.74, 6) is -0.0896. The lowest BCUT2D eigenvalue weighted by atomic mass is 9.86. The summed E-state index contributed by atoms with van der Waals surface area (Å²) in [6, 6.07) is 0.325. The summed E-state index contributed by atoms with van der Waals surface area (Å²) in [5, 5.41) is 5.22. The molecule has 1 heterocycles. The molecule has 1 aromatic rings. The van der Waals surface area contributed by atoms with Crippen molar-refractivity contribution in [2.45, 2.75) is 38.3 Å². The van der Waals surface area contributed by atoms with Crippen LogP contribution >= 0.6 is 11.3 Å². The smallest absolute Gasteiger partial charge is 0.308 e. The van der Waals surface area contributed by atoms with E-state index in [1.165, 1.54) is 18.4 Å². The maximum atomic E-state index is 11.5. The SMILES string of the molecule is COC(=O)C1CCCC(NCc2csc(=O)[nH]2)C1. The summed E-state index contributed by atoms with van der Waals surface area (Å²) in [5.41, 5.74) is 0.908. The number of aromatic amines is 1. The van der Waals surface area contributed by atoms with Gasteiger partial charge in [-0.05, 0) is 19.3 Å². The minimum Gasteiger partial charge on any atom is -0.469 e. The molecule has 0 saturated heterocycles. The van der Waals surface area contributed by atoms with E-state index in [1.807, 2.05) is 5.38 Å². The monoisotopic (exact) mass is 270 g/mol. The molecule has 0 bridgehead atoms. The van der Waals surface area contributed by atoms with Crippen LogP contribution in [0.15, 0.2) is 10.2 Å². The predicted molar refractivity (Wildman–Crippen MR) is 69.5 cm³/mol. The minimum atomic E-state index is -0.106. The van der Waals surface area contributed by atoms with Crippen molar-refractivity contribution >= 4 is 17.3 Å². The molecule has 2 unspecified atom stereocenters. The molecule has 2 atom stereocenters. The summed E-state index contributed by atoms with van der Waals surface area (Å²) >= 11 is 1.17. The van der Waals surface area contributed by atoms with Gasteiger partial charge in [0.25, 0.3) is 0 Å². The second kappa shape index (κ2) is 6.15. The Hall–Kier alpha value is -1.14. The van der Waals surface area contributed by atoms with Crippen LogP contribution in [0.4, 0.5) is 0 Å². The van der Waals surface area contributed by atoms with E-state index in [0.29, 0.717) is 12.6 Å². The molecule has 0 radical (unpaired) electrons. The average molecular weight is 270 g/mol. The lowest BCUT2D eigenvalue weighted by Gasteiger charge is -2.28. The van der Waals surface area contributed by atoms with E-state index in [-0.39, 0.29) is 16.8 Å². The number of carbonyl (C=O) groups excluding carboxylic acids is 1. The molecule has 1 saturated carbocycles. The molecule has 18 heavy (non-hydrogen) atoms. The third kappa shape index (κ3) is 3.43. The average Bonchev–Trinajstić information content (AvgIpc) is 2.81. The zero-order valence-electron chi connectivity index (χ0n) is 10.4. The number of aromatic nitrogens is 1. The number of rotatable bonds is 4. The second-order valence-corrected chi connectivity index (χ2v) is 5.48. The zero-order chi connectivity index (χ0) is 13.0. The number of esters is 1. The molecule has 1 aromatic heterocycles. The Kier molecular flexibility index (Phi) is 4.54. The zero-order valence-corrected chi connectivity index (χ0v) is 11.2.